The molecule has 0 aliphatic rings. The van der Waals surface area contributed by atoms with E-state index < -0.39 is 24.3 Å². The van der Waals surface area contributed by atoms with Crippen molar-refractivity contribution in [2.45, 2.75) is 31.7 Å². The average molecular weight is 589 g/mol. The Morgan fingerprint density at radius 3 is 2.26 bits per heavy atom. The maximum absolute atomic E-state index is 14.6. The van der Waals surface area contributed by atoms with Gasteiger partial charge >= 0.3 is 12.1 Å². The van der Waals surface area contributed by atoms with Crippen LogP contribution in [-0.2, 0) is 11.2 Å². The fraction of sp³-hybridized carbons (Fsp3) is 0.161. The predicted octanol–water partition coefficient (Wildman–Crippen LogP) is 5.52. The van der Waals surface area contributed by atoms with E-state index in [1.807, 2.05) is 30.3 Å². The number of anilines is 1. The minimum Gasteiger partial charge on any atom is -0.480 e. The Labute approximate surface area is 244 Å². The molecule has 5 N–H and O–H groups in total. The highest BCUT2D eigenvalue weighted by atomic mass is 19.4. The van der Waals surface area contributed by atoms with E-state index in [-0.39, 0.29) is 35.2 Å². The molecule has 3 aromatic carbocycles. The van der Waals surface area contributed by atoms with Gasteiger partial charge in [0.05, 0.1) is 17.1 Å². The zero-order valence-electron chi connectivity index (χ0n) is 22.9. The van der Waals surface area contributed by atoms with Crippen LogP contribution in [0.2, 0.25) is 0 Å². The number of hydrogen-bond acceptors (Lipinski definition) is 7. The van der Waals surface area contributed by atoms with Crippen molar-refractivity contribution in [2.75, 3.05) is 5.73 Å². The van der Waals surface area contributed by atoms with E-state index in [2.05, 4.69) is 15.1 Å². The Morgan fingerprint density at radius 1 is 0.930 bits per heavy atom. The van der Waals surface area contributed by atoms with Crippen molar-refractivity contribution >= 4 is 11.9 Å². The van der Waals surface area contributed by atoms with Gasteiger partial charge in [-0.1, -0.05) is 72.8 Å². The Balaban J connectivity index is 1.48. The van der Waals surface area contributed by atoms with Gasteiger partial charge in [0, 0.05) is 28.5 Å². The number of nitrogens with two attached hydrogens (primary N) is 2. The van der Waals surface area contributed by atoms with Crippen LogP contribution < -0.4 is 16.2 Å². The first-order chi connectivity index (χ1) is 20.5. The molecular formula is C31H27F3N6O3. The summed E-state index contributed by atoms with van der Waals surface area (Å²) in [5, 5.41) is 13.6. The van der Waals surface area contributed by atoms with E-state index >= 15 is 0 Å². The third-order valence-corrected chi connectivity index (χ3v) is 6.68. The smallest absolute Gasteiger partial charge is 0.429 e. The normalized spacial score (nSPS) is 13.0. The van der Waals surface area contributed by atoms with E-state index in [0.29, 0.717) is 22.5 Å². The Hall–Kier alpha value is -5.23. The zero-order chi connectivity index (χ0) is 30.7. The SMILES string of the molecule is Cc1cc(-c2ccccc2)nn1-c1ccccc1C(Oc1cc(-c2ccc(C[C@H](N)C(=O)O)cc2)nc(N)n1)C(F)(F)F. The number of carboxylic acid groups (broad SMARTS) is 1. The number of aliphatic carboxylic acids is 1. The van der Waals surface area contributed by atoms with Gasteiger partial charge in [0.25, 0.3) is 0 Å². The molecule has 12 heteroatoms. The zero-order valence-corrected chi connectivity index (χ0v) is 22.9. The van der Waals surface area contributed by atoms with Crippen LogP contribution in [-0.4, -0.2) is 43.0 Å². The second-order valence-electron chi connectivity index (χ2n) is 9.84. The summed E-state index contributed by atoms with van der Waals surface area (Å²) in [5.41, 5.74) is 15.0. The topological polar surface area (TPSA) is 142 Å². The predicted molar refractivity (Wildman–Crippen MR) is 154 cm³/mol. The van der Waals surface area contributed by atoms with Crippen LogP contribution in [0.5, 0.6) is 5.88 Å². The third kappa shape index (κ3) is 6.65. The van der Waals surface area contributed by atoms with Gasteiger partial charge in [-0.3, -0.25) is 4.79 Å². The molecule has 0 saturated heterocycles. The quantitative estimate of drug-likeness (QED) is 0.204. The van der Waals surface area contributed by atoms with Crippen LogP contribution in [0.3, 0.4) is 0 Å². The Morgan fingerprint density at radius 2 is 1.58 bits per heavy atom. The van der Waals surface area contributed by atoms with E-state index in [1.54, 1.807) is 49.4 Å². The van der Waals surface area contributed by atoms with Gasteiger partial charge in [0.1, 0.15) is 6.04 Å². The second-order valence-corrected chi connectivity index (χ2v) is 9.84. The van der Waals surface area contributed by atoms with Gasteiger partial charge in [0.2, 0.25) is 17.9 Å². The second kappa shape index (κ2) is 11.9. The largest absolute Gasteiger partial charge is 0.480 e. The highest BCUT2D eigenvalue weighted by Gasteiger charge is 2.45. The fourth-order valence-electron chi connectivity index (χ4n) is 4.60. The van der Waals surface area contributed by atoms with Crippen molar-refractivity contribution in [3.05, 3.63) is 108 Å². The first-order valence-corrected chi connectivity index (χ1v) is 13.2. The number of aryl methyl sites for hydroxylation is 1. The van der Waals surface area contributed by atoms with Crippen molar-refractivity contribution in [3.8, 4) is 34.1 Å². The summed E-state index contributed by atoms with van der Waals surface area (Å²) >= 11 is 0. The molecule has 0 spiro atoms. The van der Waals surface area contributed by atoms with E-state index in [9.17, 15) is 18.0 Å². The van der Waals surface area contributed by atoms with Crippen molar-refractivity contribution in [3.63, 3.8) is 0 Å². The molecule has 0 saturated carbocycles. The van der Waals surface area contributed by atoms with Gasteiger partial charge in [-0.05, 0) is 31.0 Å². The molecule has 220 valence electrons. The molecule has 5 rings (SSSR count). The molecule has 0 aliphatic heterocycles. The number of aromatic nitrogens is 4. The number of para-hydroxylation sites is 1. The van der Waals surface area contributed by atoms with Crippen molar-refractivity contribution < 1.29 is 27.8 Å². The monoisotopic (exact) mass is 588 g/mol. The molecule has 0 bridgehead atoms. The summed E-state index contributed by atoms with van der Waals surface area (Å²) in [7, 11) is 0. The van der Waals surface area contributed by atoms with Gasteiger partial charge in [-0.25, -0.2) is 9.67 Å². The van der Waals surface area contributed by atoms with Gasteiger partial charge in [-0.15, -0.1) is 0 Å². The lowest BCUT2D eigenvalue weighted by molar-refractivity contribution is -0.198. The average Bonchev–Trinajstić information content (AvgIpc) is 3.37. The molecule has 0 radical (unpaired) electrons. The summed E-state index contributed by atoms with van der Waals surface area (Å²) in [4.78, 5) is 19.1. The minimum atomic E-state index is -4.83. The van der Waals surface area contributed by atoms with Crippen molar-refractivity contribution in [1.82, 2.24) is 19.7 Å². The van der Waals surface area contributed by atoms with Crippen LogP contribution in [0.15, 0.2) is 91.0 Å². The van der Waals surface area contributed by atoms with Gasteiger partial charge in [-0.2, -0.15) is 23.3 Å². The molecule has 2 atom stereocenters. The third-order valence-electron chi connectivity index (χ3n) is 6.68. The summed E-state index contributed by atoms with van der Waals surface area (Å²) in [5.74, 6) is -1.79. The lowest BCUT2D eigenvalue weighted by Gasteiger charge is -2.24. The van der Waals surface area contributed by atoms with Crippen molar-refractivity contribution in [2.24, 2.45) is 5.73 Å². The van der Waals surface area contributed by atoms with Gasteiger partial charge < -0.3 is 21.3 Å². The van der Waals surface area contributed by atoms with Crippen LogP contribution in [0.1, 0.15) is 22.9 Å². The van der Waals surface area contributed by atoms with Crippen molar-refractivity contribution in [1.29, 1.82) is 0 Å². The number of hydrogen-bond donors (Lipinski definition) is 3. The Bertz CT molecular complexity index is 1740. The molecule has 1 unspecified atom stereocenters. The first kappa shape index (κ1) is 29.3. The highest BCUT2D eigenvalue weighted by Crippen LogP contribution is 2.40. The first-order valence-electron chi connectivity index (χ1n) is 13.2. The van der Waals surface area contributed by atoms with Crippen LogP contribution in [0, 0.1) is 6.92 Å². The highest BCUT2D eigenvalue weighted by molar-refractivity contribution is 5.73. The number of halogens is 3. The molecule has 0 amide bonds. The number of carboxylic acids is 1. The van der Waals surface area contributed by atoms with E-state index in [0.717, 1.165) is 5.56 Å². The number of benzene rings is 3. The molecular weight excluding hydrogens is 561 g/mol. The van der Waals surface area contributed by atoms with E-state index in [1.165, 1.54) is 22.9 Å². The molecule has 0 fully saturated rings. The van der Waals surface area contributed by atoms with Crippen LogP contribution >= 0.6 is 0 Å². The molecule has 0 aliphatic carbocycles. The molecule has 5 aromatic rings. The minimum absolute atomic E-state index is 0.102. The molecule has 2 aromatic heterocycles. The molecule has 2 heterocycles. The lowest BCUT2D eigenvalue weighted by atomic mass is 10.0. The fourth-order valence-corrected chi connectivity index (χ4v) is 4.60. The molecule has 43 heavy (non-hydrogen) atoms. The Kier molecular flexibility index (Phi) is 8.13. The number of nitrogen functional groups attached to an aromatic ring is 1. The number of carbonyl (C=O) groups is 1. The van der Waals surface area contributed by atoms with Gasteiger partial charge in [0.15, 0.2) is 0 Å². The molecule has 9 nitrogen and oxygen atoms in total. The number of alkyl halides is 3. The summed E-state index contributed by atoms with van der Waals surface area (Å²) in [6.07, 6.45) is -7.14. The maximum atomic E-state index is 14.6. The number of nitrogens with zero attached hydrogens (tertiary/aromatic N) is 4. The lowest BCUT2D eigenvalue weighted by Crippen LogP contribution is -2.32. The number of rotatable bonds is 9. The summed E-state index contributed by atoms with van der Waals surface area (Å²) < 4.78 is 50.8. The summed E-state index contributed by atoms with van der Waals surface area (Å²) in [6.45, 7) is 1.76. The summed E-state index contributed by atoms with van der Waals surface area (Å²) in [6, 6.07) is 23.9. The van der Waals surface area contributed by atoms with Crippen LogP contribution in [0.25, 0.3) is 28.2 Å². The maximum Gasteiger partial charge on any atom is 0.429 e. The standard InChI is InChI=1S/C31H27F3N6O3/c1-18-15-25(20-7-3-2-4-8-20)39-40(18)26-10-6-5-9-22(26)28(31(32,33)34)43-27-17-24(37-30(36)38-27)21-13-11-19(12-14-21)16-23(35)29(41)42/h2-15,17,23,28H,16,35H2,1H3,(H,41,42)(H2,36,37,38)/t23-,28?/m0/s1. The van der Waals surface area contributed by atoms with Crippen LogP contribution in [0.4, 0.5) is 19.1 Å². The number of ether oxygens (including phenoxy) is 1. The van der Waals surface area contributed by atoms with E-state index in [4.69, 9.17) is 21.3 Å².